The van der Waals surface area contributed by atoms with Crippen LogP contribution < -0.4 is 4.57 Å². The van der Waals surface area contributed by atoms with E-state index in [1.165, 1.54) is 0 Å². The van der Waals surface area contributed by atoms with Gasteiger partial charge < -0.3 is 0 Å². The van der Waals surface area contributed by atoms with Gasteiger partial charge in [0.2, 0.25) is 0 Å². The summed E-state index contributed by atoms with van der Waals surface area (Å²) in [4.78, 5) is 11.6. The van der Waals surface area contributed by atoms with Gasteiger partial charge in [-0.05, 0) is 43.2 Å². The molecule has 2 aromatic carbocycles. The number of hydrogen-bond donors (Lipinski definition) is 0. The van der Waals surface area contributed by atoms with Crippen molar-refractivity contribution in [2.75, 3.05) is 0 Å². The molecule has 1 heterocycles. The highest BCUT2D eigenvalue weighted by Gasteiger charge is 2.47. The maximum absolute atomic E-state index is 11.6. The molecule has 4 heteroatoms. The first-order chi connectivity index (χ1) is 14.6. The van der Waals surface area contributed by atoms with E-state index in [0.29, 0.717) is 12.6 Å². The number of nitriles is 1. The number of ketones is 1. The monoisotopic (exact) mass is 398 g/mol. The molecular weight excluding hydrogens is 370 g/mol. The van der Waals surface area contributed by atoms with E-state index in [2.05, 4.69) is 48.0 Å². The topological polar surface area (TPSA) is 49.7 Å². The Morgan fingerprint density at radius 2 is 1.70 bits per heavy atom. The Bertz CT molecular complexity index is 1020. The first kappa shape index (κ1) is 20.1. The molecule has 2 atom stereocenters. The lowest BCUT2D eigenvalue weighted by molar-refractivity contribution is -0.689. The molecule has 0 bridgehead atoms. The lowest BCUT2D eigenvalue weighted by Crippen LogP contribution is -2.39. The number of aromatic nitrogens is 2. The number of hydrogen-bond acceptors (Lipinski definition) is 2. The molecule has 152 valence electrons. The van der Waals surface area contributed by atoms with Crippen molar-refractivity contribution in [3.05, 3.63) is 90.0 Å². The molecule has 0 amide bonds. The highest BCUT2D eigenvalue weighted by atomic mass is 16.1. The average molecular weight is 399 g/mol. The molecule has 2 unspecified atom stereocenters. The SMILES string of the molecule is CC(=O)C[n+]1ccn(C2CCC(C(C#N)(c3ccccc3)c3ccccc3)C2)c1C. The van der Waals surface area contributed by atoms with Crippen LogP contribution >= 0.6 is 0 Å². The van der Waals surface area contributed by atoms with Gasteiger partial charge in [0.25, 0.3) is 5.82 Å². The van der Waals surface area contributed by atoms with Crippen molar-refractivity contribution in [2.24, 2.45) is 5.92 Å². The van der Waals surface area contributed by atoms with Crippen LogP contribution in [0.2, 0.25) is 0 Å². The van der Waals surface area contributed by atoms with Crippen LogP contribution in [0.3, 0.4) is 0 Å². The normalized spacial score (nSPS) is 18.8. The summed E-state index contributed by atoms with van der Waals surface area (Å²) in [5.74, 6) is 1.47. The van der Waals surface area contributed by atoms with E-state index >= 15 is 0 Å². The zero-order chi connectivity index (χ0) is 21.1. The summed E-state index contributed by atoms with van der Waals surface area (Å²) in [7, 11) is 0. The molecular formula is C26H28N3O+. The van der Waals surface area contributed by atoms with Crippen molar-refractivity contribution in [3.8, 4) is 6.07 Å². The van der Waals surface area contributed by atoms with E-state index in [0.717, 1.165) is 36.2 Å². The summed E-state index contributed by atoms with van der Waals surface area (Å²) in [6, 6.07) is 23.6. The molecule has 0 spiro atoms. The molecule has 0 N–H and O–H groups in total. The van der Waals surface area contributed by atoms with Gasteiger partial charge in [-0.1, -0.05) is 60.7 Å². The average Bonchev–Trinajstić information content (AvgIpc) is 3.38. The van der Waals surface area contributed by atoms with Crippen LogP contribution in [-0.2, 0) is 16.8 Å². The predicted molar refractivity (Wildman–Crippen MR) is 116 cm³/mol. The van der Waals surface area contributed by atoms with Gasteiger partial charge in [0.05, 0.1) is 6.07 Å². The zero-order valence-electron chi connectivity index (χ0n) is 17.7. The molecule has 0 aliphatic heterocycles. The van der Waals surface area contributed by atoms with E-state index in [-0.39, 0.29) is 11.7 Å². The summed E-state index contributed by atoms with van der Waals surface area (Å²) < 4.78 is 4.31. The van der Waals surface area contributed by atoms with Crippen molar-refractivity contribution in [2.45, 2.75) is 51.1 Å². The van der Waals surface area contributed by atoms with Gasteiger partial charge in [-0.15, -0.1) is 0 Å². The Kier molecular flexibility index (Phi) is 5.55. The molecule has 4 rings (SSSR count). The smallest absolute Gasteiger partial charge is 0.253 e. The number of Topliss-reactive ketones (excluding diaryl/α,β-unsaturated/α-hetero) is 1. The second-order valence-corrected chi connectivity index (χ2v) is 8.40. The number of nitrogens with zero attached hydrogens (tertiary/aromatic N) is 3. The Hall–Kier alpha value is -3.19. The van der Waals surface area contributed by atoms with Crippen molar-refractivity contribution < 1.29 is 9.36 Å². The van der Waals surface area contributed by atoms with Gasteiger partial charge in [-0.3, -0.25) is 4.79 Å². The van der Waals surface area contributed by atoms with Crippen molar-refractivity contribution in [1.82, 2.24) is 4.57 Å². The van der Waals surface area contributed by atoms with Gasteiger partial charge in [-0.25, -0.2) is 9.13 Å². The minimum atomic E-state index is -0.659. The number of imidazole rings is 1. The summed E-state index contributed by atoms with van der Waals surface area (Å²) >= 11 is 0. The Morgan fingerprint density at radius 3 is 2.23 bits per heavy atom. The quantitative estimate of drug-likeness (QED) is 0.573. The fourth-order valence-electron chi connectivity index (χ4n) is 5.17. The van der Waals surface area contributed by atoms with E-state index in [9.17, 15) is 10.1 Å². The number of rotatable bonds is 6. The van der Waals surface area contributed by atoms with Crippen molar-refractivity contribution >= 4 is 5.78 Å². The van der Waals surface area contributed by atoms with Gasteiger partial charge in [0, 0.05) is 6.92 Å². The lowest BCUT2D eigenvalue weighted by atomic mass is 9.66. The van der Waals surface area contributed by atoms with E-state index in [1.807, 2.05) is 47.2 Å². The van der Waals surface area contributed by atoms with Crippen LogP contribution in [-0.4, -0.2) is 10.4 Å². The van der Waals surface area contributed by atoms with Gasteiger partial charge in [0.1, 0.15) is 30.4 Å². The van der Waals surface area contributed by atoms with Gasteiger partial charge >= 0.3 is 0 Å². The number of carbonyl (C=O) groups is 1. The second-order valence-electron chi connectivity index (χ2n) is 8.40. The zero-order valence-corrected chi connectivity index (χ0v) is 17.7. The minimum Gasteiger partial charge on any atom is -0.296 e. The molecule has 3 aromatic rings. The number of carbonyl (C=O) groups excluding carboxylic acids is 1. The van der Waals surface area contributed by atoms with Crippen LogP contribution in [0.25, 0.3) is 0 Å². The third kappa shape index (κ3) is 3.45. The third-order valence-electron chi connectivity index (χ3n) is 6.63. The summed E-state index contributed by atoms with van der Waals surface area (Å²) in [5.41, 5.74) is 1.48. The fraction of sp³-hybridized carbons (Fsp3) is 0.346. The van der Waals surface area contributed by atoms with Gasteiger partial charge in [-0.2, -0.15) is 5.26 Å². The molecule has 1 saturated carbocycles. The Balaban J connectivity index is 1.70. The first-order valence-electron chi connectivity index (χ1n) is 10.6. The molecule has 4 nitrogen and oxygen atoms in total. The molecule has 1 fully saturated rings. The lowest BCUT2D eigenvalue weighted by Gasteiger charge is -2.34. The minimum absolute atomic E-state index is 0.154. The van der Waals surface area contributed by atoms with Crippen LogP contribution in [0.15, 0.2) is 73.1 Å². The van der Waals surface area contributed by atoms with Crippen molar-refractivity contribution in [1.29, 1.82) is 5.26 Å². The molecule has 0 saturated heterocycles. The number of benzene rings is 2. The molecule has 0 radical (unpaired) electrons. The maximum Gasteiger partial charge on any atom is 0.253 e. The van der Waals surface area contributed by atoms with Crippen LogP contribution in [0.1, 0.15) is 49.2 Å². The van der Waals surface area contributed by atoms with E-state index in [4.69, 9.17) is 0 Å². The highest BCUT2D eigenvalue weighted by Crippen LogP contribution is 2.49. The summed E-state index contributed by atoms with van der Waals surface area (Å²) in [5, 5.41) is 10.6. The first-order valence-corrected chi connectivity index (χ1v) is 10.6. The van der Waals surface area contributed by atoms with E-state index in [1.54, 1.807) is 6.92 Å². The Morgan fingerprint density at radius 1 is 1.10 bits per heavy atom. The summed E-state index contributed by atoms with van der Waals surface area (Å²) in [6.45, 7) is 4.10. The standard InChI is InChI=1S/C26H28N3O/c1-20(30)18-28-15-16-29(21(28)2)25-14-13-24(17-25)26(19-27,22-9-5-3-6-10-22)23-11-7-4-8-12-23/h3-12,15-16,24-25H,13-14,17-18H2,1-2H3/q+1. The van der Waals surface area contributed by atoms with Crippen LogP contribution in [0, 0.1) is 24.2 Å². The van der Waals surface area contributed by atoms with Crippen LogP contribution in [0.5, 0.6) is 0 Å². The Labute approximate surface area is 178 Å². The molecule has 30 heavy (non-hydrogen) atoms. The highest BCUT2D eigenvalue weighted by molar-refractivity contribution is 5.73. The van der Waals surface area contributed by atoms with Crippen LogP contribution in [0.4, 0.5) is 0 Å². The molecule has 1 aliphatic rings. The van der Waals surface area contributed by atoms with Gasteiger partial charge in [0.15, 0.2) is 5.78 Å². The second kappa shape index (κ2) is 8.28. The molecule has 1 aromatic heterocycles. The third-order valence-corrected chi connectivity index (χ3v) is 6.63. The van der Waals surface area contributed by atoms with Crippen molar-refractivity contribution in [3.63, 3.8) is 0 Å². The maximum atomic E-state index is 11.6. The largest absolute Gasteiger partial charge is 0.296 e. The van der Waals surface area contributed by atoms with E-state index < -0.39 is 5.41 Å². The summed E-state index contributed by atoms with van der Waals surface area (Å²) in [6.07, 6.45) is 7.04. The molecule has 1 aliphatic carbocycles. The fourth-order valence-corrected chi connectivity index (χ4v) is 5.17. The predicted octanol–water partition coefficient (Wildman–Crippen LogP) is 4.52.